The number of benzene rings is 1. The van der Waals surface area contributed by atoms with E-state index in [0.29, 0.717) is 18.1 Å². The molecule has 2 saturated heterocycles. The Balaban J connectivity index is 1.70. The van der Waals surface area contributed by atoms with Crippen LogP contribution < -0.4 is 5.32 Å². The number of nitrogens with zero attached hydrogens (tertiary/aromatic N) is 1. The topological polar surface area (TPSA) is 15.3 Å². The van der Waals surface area contributed by atoms with Gasteiger partial charge in [0.2, 0.25) is 0 Å². The quantitative estimate of drug-likeness (QED) is 0.899. The van der Waals surface area contributed by atoms with Crippen LogP contribution in [0.4, 0.5) is 4.39 Å². The van der Waals surface area contributed by atoms with Gasteiger partial charge in [-0.25, -0.2) is 4.39 Å². The molecule has 3 rings (SSSR count). The lowest BCUT2D eigenvalue weighted by Crippen LogP contribution is -2.48. The van der Waals surface area contributed by atoms with Crippen molar-refractivity contribution in [2.75, 3.05) is 6.54 Å². The Bertz CT molecular complexity index is 468. The first-order chi connectivity index (χ1) is 9.65. The van der Waals surface area contributed by atoms with Gasteiger partial charge < -0.3 is 5.32 Å². The van der Waals surface area contributed by atoms with Gasteiger partial charge in [0.1, 0.15) is 5.82 Å². The van der Waals surface area contributed by atoms with Gasteiger partial charge in [-0.1, -0.05) is 28.9 Å². The summed E-state index contributed by atoms with van der Waals surface area (Å²) in [7, 11) is 0. The molecule has 0 spiro atoms. The van der Waals surface area contributed by atoms with Crippen LogP contribution in [0.3, 0.4) is 0 Å². The van der Waals surface area contributed by atoms with Gasteiger partial charge in [-0.3, -0.25) is 4.90 Å². The van der Waals surface area contributed by atoms with Crippen LogP contribution in [0, 0.1) is 5.82 Å². The molecule has 0 saturated carbocycles. The summed E-state index contributed by atoms with van der Waals surface area (Å²) in [6, 6.07) is 7.36. The molecule has 0 amide bonds. The molecule has 110 valence electrons. The number of piperidine rings is 1. The first-order valence-corrected chi connectivity index (χ1v) is 8.39. The molecule has 20 heavy (non-hydrogen) atoms. The molecule has 2 atom stereocenters. The lowest BCUT2D eigenvalue weighted by molar-refractivity contribution is 0.139. The first-order valence-electron chi connectivity index (χ1n) is 7.59. The third-order valence-corrected chi connectivity index (χ3v) is 5.25. The van der Waals surface area contributed by atoms with Gasteiger partial charge in [-0.05, 0) is 44.4 Å². The summed E-state index contributed by atoms with van der Waals surface area (Å²) in [4.78, 5) is 2.44. The molecule has 2 unspecified atom stereocenters. The molecule has 1 aromatic rings. The van der Waals surface area contributed by atoms with E-state index in [1.54, 1.807) is 6.07 Å². The normalized spacial score (nSPS) is 29.1. The highest BCUT2D eigenvalue weighted by Crippen LogP contribution is 2.30. The fraction of sp³-hybridized carbons (Fsp3) is 0.625. The second-order valence-corrected chi connectivity index (χ2v) is 6.98. The van der Waals surface area contributed by atoms with Gasteiger partial charge in [0.05, 0.1) is 0 Å². The first kappa shape index (κ1) is 14.5. The fourth-order valence-corrected chi connectivity index (χ4v) is 4.03. The third kappa shape index (κ3) is 3.07. The maximum Gasteiger partial charge on any atom is 0.128 e. The zero-order valence-electron chi connectivity index (χ0n) is 11.9. The summed E-state index contributed by atoms with van der Waals surface area (Å²) >= 11 is 3.32. The lowest BCUT2D eigenvalue weighted by Gasteiger charge is -2.37. The molecule has 1 N–H and O–H groups in total. The molecule has 2 heterocycles. The molecule has 0 radical (unpaired) electrons. The summed E-state index contributed by atoms with van der Waals surface area (Å²) in [6.45, 7) is 3.89. The highest BCUT2D eigenvalue weighted by Gasteiger charge is 2.35. The number of hydrogen-bond donors (Lipinski definition) is 1. The van der Waals surface area contributed by atoms with E-state index in [1.165, 1.54) is 25.7 Å². The van der Waals surface area contributed by atoms with E-state index < -0.39 is 0 Å². The van der Waals surface area contributed by atoms with Crippen molar-refractivity contribution in [1.29, 1.82) is 0 Å². The lowest BCUT2D eigenvalue weighted by atomic mass is 9.97. The molecule has 2 nitrogen and oxygen atoms in total. The monoisotopic (exact) mass is 340 g/mol. The summed E-state index contributed by atoms with van der Waals surface area (Å²) < 4.78 is 14.8. The number of hydrogen-bond acceptors (Lipinski definition) is 2. The molecular formula is C16H22BrFN2. The molecule has 1 aromatic carbocycles. The molecule has 2 aliphatic rings. The average molecular weight is 341 g/mol. The maximum atomic E-state index is 14.0. The Morgan fingerprint density at radius 3 is 2.60 bits per heavy atom. The van der Waals surface area contributed by atoms with Gasteiger partial charge in [0.25, 0.3) is 0 Å². The van der Waals surface area contributed by atoms with Crippen molar-refractivity contribution in [1.82, 2.24) is 10.2 Å². The van der Waals surface area contributed by atoms with Crippen LogP contribution >= 0.6 is 15.9 Å². The second kappa shape index (κ2) is 6.12. The Hall–Kier alpha value is -0.450. The van der Waals surface area contributed by atoms with Gasteiger partial charge in [-0.15, -0.1) is 0 Å². The van der Waals surface area contributed by atoms with Crippen molar-refractivity contribution in [3.05, 3.63) is 34.1 Å². The minimum absolute atomic E-state index is 0.102. The van der Waals surface area contributed by atoms with Crippen LogP contribution in [0.2, 0.25) is 0 Å². The van der Waals surface area contributed by atoms with E-state index in [9.17, 15) is 4.39 Å². The van der Waals surface area contributed by atoms with Gasteiger partial charge in [0, 0.05) is 34.7 Å². The van der Waals surface area contributed by atoms with Crippen LogP contribution in [0.5, 0.6) is 0 Å². The molecule has 2 fully saturated rings. The minimum atomic E-state index is -0.102. The van der Waals surface area contributed by atoms with E-state index in [0.717, 1.165) is 23.1 Å². The summed E-state index contributed by atoms with van der Waals surface area (Å²) in [5.41, 5.74) is 0.806. The number of fused-ring (bicyclic) bond motifs is 2. The fourth-order valence-electron chi connectivity index (χ4n) is 3.69. The number of nitrogens with one attached hydrogen (secondary N) is 1. The van der Waals surface area contributed by atoms with Gasteiger partial charge in [-0.2, -0.15) is 0 Å². The zero-order chi connectivity index (χ0) is 14.1. The molecule has 0 aliphatic carbocycles. The molecule has 4 heteroatoms. The predicted octanol–water partition coefficient (Wildman–Crippen LogP) is 3.69. The molecule has 2 aliphatic heterocycles. The van der Waals surface area contributed by atoms with Crippen LogP contribution in [-0.4, -0.2) is 29.6 Å². The second-order valence-electron chi connectivity index (χ2n) is 6.06. The van der Waals surface area contributed by atoms with Crippen LogP contribution in [-0.2, 0) is 6.54 Å². The molecular weight excluding hydrogens is 319 g/mol. The van der Waals surface area contributed by atoms with Gasteiger partial charge in [0.15, 0.2) is 0 Å². The molecule has 2 bridgehead atoms. The zero-order valence-corrected chi connectivity index (χ0v) is 13.5. The van der Waals surface area contributed by atoms with Crippen molar-refractivity contribution in [3.8, 4) is 0 Å². The van der Waals surface area contributed by atoms with Crippen LogP contribution in [0.1, 0.15) is 38.2 Å². The SMILES string of the molecule is CCN(Cc1ccc(Br)cc1F)C1CC2CCC(C1)N2. The van der Waals surface area contributed by atoms with E-state index in [1.807, 2.05) is 12.1 Å². The van der Waals surface area contributed by atoms with Crippen molar-refractivity contribution < 1.29 is 4.39 Å². The number of halogens is 2. The van der Waals surface area contributed by atoms with Crippen molar-refractivity contribution >= 4 is 15.9 Å². The summed E-state index contributed by atoms with van der Waals surface area (Å²) in [6.07, 6.45) is 5.04. The highest BCUT2D eigenvalue weighted by atomic mass is 79.9. The standard InChI is InChI=1S/C16H22BrFN2/c1-2-20(10-11-3-4-12(17)7-16(11)18)15-8-13-5-6-14(9-15)19-13/h3-4,7,13-15,19H,2,5-6,8-10H2,1H3. The Kier molecular flexibility index (Phi) is 4.43. The van der Waals surface area contributed by atoms with Crippen molar-refractivity contribution in [2.24, 2.45) is 0 Å². The maximum absolute atomic E-state index is 14.0. The smallest absolute Gasteiger partial charge is 0.128 e. The average Bonchev–Trinajstić information content (AvgIpc) is 2.77. The largest absolute Gasteiger partial charge is 0.311 e. The van der Waals surface area contributed by atoms with Crippen LogP contribution in [0.25, 0.3) is 0 Å². The van der Waals surface area contributed by atoms with Gasteiger partial charge >= 0.3 is 0 Å². The summed E-state index contributed by atoms with van der Waals surface area (Å²) in [5.74, 6) is -0.102. The van der Waals surface area contributed by atoms with E-state index in [-0.39, 0.29) is 5.82 Å². The van der Waals surface area contributed by atoms with E-state index in [2.05, 4.69) is 33.1 Å². The molecule has 0 aromatic heterocycles. The summed E-state index contributed by atoms with van der Waals surface area (Å²) in [5, 5.41) is 3.68. The third-order valence-electron chi connectivity index (χ3n) is 4.76. The number of rotatable bonds is 4. The van der Waals surface area contributed by atoms with Crippen molar-refractivity contribution in [2.45, 2.75) is 57.3 Å². The van der Waals surface area contributed by atoms with Crippen molar-refractivity contribution in [3.63, 3.8) is 0 Å². The van der Waals surface area contributed by atoms with E-state index >= 15 is 0 Å². The predicted molar refractivity (Wildman–Crippen MR) is 83.2 cm³/mol. The minimum Gasteiger partial charge on any atom is -0.311 e. The highest BCUT2D eigenvalue weighted by molar-refractivity contribution is 9.10. The Morgan fingerprint density at radius 2 is 2.00 bits per heavy atom. The van der Waals surface area contributed by atoms with E-state index in [4.69, 9.17) is 0 Å². The Morgan fingerprint density at radius 1 is 1.30 bits per heavy atom. The van der Waals surface area contributed by atoms with Crippen LogP contribution in [0.15, 0.2) is 22.7 Å². The Labute approximate surface area is 128 Å².